The Morgan fingerprint density at radius 2 is 2.29 bits per heavy atom. The highest BCUT2D eigenvalue weighted by molar-refractivity contribution is 9.10. The quantitative estimate of drug-likeness (QED) is 0.773. The molecule has 0 atom stereocenters. The lowest BCUT2D eigenvalue weighted by Crippen LogP contribution is -2.30. The Bertz CT molecular complexity index is 996. The van der Waals surface area contributed by atoms with E-state index in [-0.39, 0.29) is 5.91 Å². The molecule has 120 valence electrons. The Labute approximate surface area is 149 Å². The summed E-state index contributed by atoms with van der Waals surface area (Å²) in [5, 5.41) is 8.00. The number of amidine groups is 1. The van der Waals surface area contributed by atoms with Gasteiger partial charge in [-0.2, -0.15) is 0 Å². The molecule has 0 bridgehead atoms. The number of amides is 1. The number of fused-ring (bicyclic) bond motifs is 1. The van der Waals surface area contributed by atoms with Gasteiger partial charge in [0, 0.05) is 23.4 Å². The largest absolute Gasteiger partial charge is 0.357 e. The van der Waals surface area contributed by atoms with Crippen molar-refractivity contribution in [2.75, 3.05) is 6.54 Å². The molecule has 0 spiro atoms. The predicted octanol–water partition coefficient (Wildman–Crippen LogP) is 1.66. The Kier molecular flexibility index (Phi) is 3.99. The number of aliphatic imine (C=N–C) groups is 1. The van der Waals surface area contributed by atoms with Crippen molar-refractivity contribution in [2.45, 2.75) is 0 Å². The molecule has 6 nitrogen and oxygen atoms in total. The molecule has 0 saturated carbocycles. The van der Waals surface area contributed by atoms with E-state index in [0.29, 0.717) is 16.6 Å². The first-order chi connectivity index (χ1) is 11.7. The minimum absolute atomic E-state index is 0.157. The second-order valence-corrected chi connectivity index (χ2v) is 6.98. The lowest BCUT2D eigenvalue weighted by atomic mass is 10.3. The number of para-hydroxylation sites is 1. The van der Waals surface area contributed by atoms with E-state index < -0.39 is 0 Å². The van der Waals surface area contributed by atoms with Gasteiger partial charge in [-0.05, 0) is 45.9 Å². The minimum Gasteiger partial charge on any atom is -0.357 e. The van der Waals surface area contributed by atoms with Crippen molar-refractivity contribution in [2.24, 2.45) is 4.99 Å². The van der Waals surface area contributed by atoms with Crippen LogP contribution in [-0.2, 0) is 4.79 Å². The van der Waals surface area contributed by atoms with Gasteiger partial charge in [-0.3, -0.25) is 4.79 Å². The Morgan fingerprint density at radius 1 is 1.42 bits per heavy atom. The fourth-order valence-electron chi connectivity index (χ4n) is 2.29. The first-order valence-electron chi connectivity index (χ1n) is 7.12. The third-order valence-corrected chi connectivity index (χ3v) is 5.00. The van der Waals surface area contributed by atoms with Crippen molar-refractivity contribution in [1.29, 1.82) is 0 Å². The maximum atomic E-state index is 12.2. The SMILES string of the molecule is O=C1NC(=Nc2ccccc2Br)S/C1=C\N1C=c2cnoc2=CC1. The van der Waals surface area contributed by atoms with E-state index in [1.165, 1.54) is 11.8 Å². The van der Waals surface area contributed by atoms with Crippen LogP contribution in [0, 0.1) is 0 Å². The third kappa shape index (κ3) is 3.02. The summed E-state index contributed by atoms with van der Waals surface area (Å²) in [5.74, 6) is -0.157. The molecule has 2 aliphatic heterocycles. The van der Waals surface area contributed by atoms with Crippen molar-refractivity contribution >= 4 is 56.7 Å². The Morgan fingerprint density at radius 3 is 3.17 bits per heavy atom. The van der Waals surface area contributed by atoms with Crippen LogP contribution < -0.4 is 16.0 Å². The molecular weight excluding hydrogens is 392 g/mol. The van der Waals surface area contributed by atoms with Crippen molar-refractivity contribution in [1.82, 2.24) is 15.4 Å². The Balaban J connectivity index is 1.58. The molecule has 1 amide bonds. The average molecular weight is 403 g/mol. The van der Waals surface area contributed by atoms with Crippen LogP contribution in [0.25, 0.3) is 12.3 Å². The zero-order valence-electron chi connectivity index (χ0n) is 12.3. The maximum absolute atomic E-state index is 12.2. The zero-order valence-corrected chi connectivity index (χ0v) is 14.7. The number of hydrogen-bond acceptors (Lipinski definition) is 6. The summed E-state index contributed by atoms with van der Waals surface area (Å²) in [6.45, 7) is 0.621. The van der Waals surface area contributed by atoms with Crippen LogP contribution in [0.2, 0.25) is 0 Å². The van der Waals surface area contributed by atoms with Crippen LogP contribution >= 0.6 is 27.7 Å². The number of carbonyl (C=O) groups excluding carboxylic acids is 1. The summed E-state index contributed by atoms with van der Waals surface area (Å²) >= 11 is 4.76. The first-order valence-corrected chi connectivity index (χ1v) is 8.73. The number of nitrogens with zero attached hydrogens (tertiary/aromatic N) is 3. The van der Waals surface area contributed by atoms with Crippen LogP contribution in [0.3, 0.4) is 0 Å². The summed E-state index contributed by atoms with van der Waals surface area (Å²) in [6, 6.07) is 7.61. The smallest absolute Gasteiger partial charge is 0.265 e. The lowest BCUT2D eigenvalue weighted by Gasteiger charge is -2.14. The summed E-state index contributed by atoms with van der Waals surface area (Å²) in [6.07, 6.45) is 7.27. The number of thioether (sulfide) groups is 1. The van der Waals surface area contributed by atoms with E-state index in [4.69, 9.17) is 4.52 Å². The number of hydrogen-bond donors (Lipinski definition) is 1. The second-order valence-electron chi connectivity index (χ2n) is 5.09. The van der Waals surface area contributed by atoms with Gasteiger partial charge in [0.15, 0.2) is 10.6 Å². The number of nitrogens with one attached hydrogen (secondary N) is 1. The van der Waals surface area contributed by atoms with Crippen LogP contribution in [0.15, 0.2) is 55.6 Å². The van der Waals surface area contributed by atoms with E-state index in [9.17, 15) is 4.79 Å². The van der Waals surface area contributed by atoms with E-state index in [2.05, 4.69) is 31.4 Å². The molecule has 2 aliphatic rings. The number of rotatable bonds is 2. The van der Waals surface area contributed by atoms with E-state index in [1.807, 2.05) is 41.4 Å². The molecule has 1 N–H and O–H groups in total. The van der Waals surface area contributed by atoms with Gasteiger partial charge < -0.3 is 14.7 Å². The predicted molar refractivity (Wildman–Crippen MR) is 96.4 cm³/mol. The highest BCUT2D eigenvalue weighted by Gasteiger charge is 2.25. The molecule has 24 heavy (non-hydrogen) atoms. The molecule has 4 rings (SSSR count). The van der Waals surface area contributed by atoms with Gasteiger partial charge in [-0.1, -0.05) is 17.3 Å². The molecule has 1 aromatic heterocycles. The molecular formula is C16H11BrN4O2S. The van der Waals surface area contributed by atoms with Gasteiger partial charge >= 0.3 is 0 Å². The zero-order chi connectivity index (χ0) is 16.5. The van der Waals surface area contributed by atoms with Crippen molar-refractivity contribution < 1.29 is 9.32 Å². The van der Waals surface area contributed by atoms with E-state index >= 15 is 0 Å². The van der Waals surface area contributed by atoms with Crippen LogP contribution in [0.1, 0.15) is 0 Å². The molecule has 2 aromatic rings. The van der Waals surface area contributed by atoms with Gasteiger partial charge in [0.1, 0.15) is 0 Å². The van der Waals surface area contributed by atoms with Crippen molar-refractivity contribution in [3.8, 4) is 0 Å². The molecule has 0 unspecified atom stereocenters. The molecule has 8 heteroatoms. The highest BCUT2D eigenvalue weighted by Crippen LogP contribution is 2.30. The molecule has 0 aliphatic carbocycles. The second kappa shape index (κ2) is 6.29. The van der Waals surface area contributed by atoms with Gasteiger partial charge in [0.05, 0.1) is 22.0 Å². The molecule has 1 saturated heterocycles. The molecule has 1 fully saturated rings. The van der Waals surface area contributed by atoms with E-state index in [1.54, 1.807) is 12.4 Å². The van der Waals surface area contributed by atoms with Gasteiger partial charge in [-0.25, -0.2) is 4.99 Å². The summed E-state index contributed by atoms with van der Waals surface area (Å²) in [7, 11) is 0. The monoisotopic (exact) mass is 402 g/mol. The van der Waals surface area contributed by atoms with Gasteiger partial charge in [-0.15, -0.1) is 0 Å². The highest BCUT2D eigenvalue weighted by atomic mass is 79.9. The summed E-state index contributed by atoms with van der Waals surface area (Å²) < 4.78 is 5.98. The Hall–Kier alpha value is -2.32. The van der Waals surface area contributed by atoms with Gasteiger partial charge in [0.25, 0.3) is 5.91 Å². The molecule has 1 aromatic carbocycles. The third-order valence-electron chi connectivity index (χ3n) is 3.43. The fourth-order valence-corrected chi connectivity index (χ4v) is 3.49. The van der Waals surface area contributed by atoms with Gasteiger partial charge in [0.2, 0.25) is 0 Å². The number of aromatic nitrogens is 1. The summed E-state index contributed by atoms with van der Waals surface area (Å²) in [4.78, 5) is 19.1. The molecule has 0 radical (unpaired) electrons. The number of benzene rings is 1. The van der Waals surface area contributed by atoms with Crippen molar-refractivity contribution in [3.63, 3.8) is 0 Å². The minimum atomic E-state index is -0.157. The first kappa shape index (κ1) is 15.2. The normalized spacial score (nSPS) is 19.9. The fraction of sp³-hybridized carbons (Fsp3) is 0.0625. The van der Waals surface area contributed by atoms with Crippen LogP contribution in [0.4, 0.5) is 5.69 Å². The number of carbonyl (C=O) groups is 1. The maximum Gasteiger partial charge on any atom is 0.265 e. The van der Waals surface area contributed by atoms with E-state index in [0.717, 1.165) is 20.8 Å². The lowest BCUT2D eigenvalue weighted by molar-refractivity contribution is -0.115. The summed E-state index contributed by atoms with van der Waals surface area (Å²) in [5.41, 5.74) is 1.53. The topological polar surface area (TPSA) is 70.7 Å². The van der Waals surface area contributed by atoms with Crippen LogP contribution in [0.5, 0.6) is 0 Å². The van der Waals surface area contributed by atoms with Crippen molar-refractivity contribution in [3.05, 3.63) is 56.7 Å². The molecule has 3 heterocycles. The average Bonchev–Trinajstić information content (AvgIpc) is 3.16. The van der Waals surface area contributed by atoms with Crippen LogP contribution in [-0.4, -0.2) is 27.7 Å². The number of halogens is 1. The standard InChI is InChI=1S/C16H11BrN4O2S/c17-11-3-1-2-4-12(11)19-16-20-15(22)14(24-16)9-21-6-5-13-10(8-21)7-18-23-13/h1-5,7-9H,6H2,(H,19,20,22)/b14-9-.